The van der Waals surface area contributed by atoms with Gasteiger partial charge in [-0.25, -0.2) is 4.98 Å². The van der Waals surface area contributed by atoms with Gasteiger partial charge >= 0.3 is 0 Å². The fourth-order valence-corrected chi connectivity index (χ4v) is 4.61. The van der Waals surface area contributed by atoms with Gasteiger partial charge in [-0.05, 0) is 49.8 Å². The Kier molecular flexibility index (Phi) is 5.20. The van der Waals surface area contributed by atoms with Gasteiger partial charge in [0.2, 0.25) is 0 Å². The van der Waals surface area contributed by atoms with Crippen molar-refractivity contribution in [3.8, 4) is 0 Å². The monoisotopic (exact) mass is 392 g/mol. The fraction of sp³-hybridized carbons (Fsp3) is 0.474. The van der Waals surface area contributed by atoms with E-state index < -0.39 is 0 Å². The molecule has 26 heavy (non-hydrogen) atoms. The number of pyridine rings is 1. The number of nitrogens with zero attached hydrogens (tertiary/aromatic N) is 2. The third-order valence-corrected chi connectivity index (χ3v) is 6.23. The predicted molar refractivity (Wildman–Crippen MR) is 104 cm³/mol. The van der Waals surface area contributed by atoms with Gasteiger partial charge in [-0.15, -0.1) is 0 Å². The second kappa shape index (κ2) is 7.59. The topological polar surface area (TPSA) is 61.0 Å². The Hall–Kier alpha value is -1.56. The normalized spacial score (nSPS) is 26.4. The minimum Gasteiger partial charge on any atom is -0.350 e. The summed E-state index contributed by atoms with van der Waals surface area (Å²) in [6.45, 7) is 1.43. The number of fused-ring (bicyclic) bond motifs is 3. The first-order valence-electron chi connectivity index (χ1n) is 9.07. The van der Waals surface area contributed by atoms with Crippen LogP contribution in [0.3, 0.4) is 0 Å². The Morgan fingerprint density at radius 1 is 1.31 bits per heavy atom. The molecule has 0 spiro atoms. The average molecular weight is 393 g/mol. The molecular formula is C19H22Cl2N4O. The number of carbonyl (C=O) groups excluding carboxylic acids is 1. The molecule has 2 aromatic heterocycles. The molecule has 0 saturated carbocycles. The van der Waals surface area contributed by atoms with Crippen LogP contribution in [0.25, 0.3) is 11.0 Å². The Morgan fingerprint density at radius 3 is 2.81 bits per heavy atom. The quantitative estimate of drug-likeness (QED) is 0.811. The van der Waals surface area contributed by atoms with Crippen molar-refractivity contribution in [3.05, 3.63) is 40.7 Å². The van der Waals surface area contributed by atoms with Crippen molar-refractivity contribution in [1.82, 2.24) is 20.2 Å². The van der Waals surface area contributed by atoms with Crippen molar-refractivity contribution in [2.75, 3.05) is 13.1 Å². The number of piperidine rings is 1. The lowest BCUT2D eigenvalue weighted by Crippen LogP contribution is -2.46. The highest BCUT2D eigenvalue weighted by molar-refractivity contribution is 6.36. The highest BCUT2D eigenvalue weighted by Gasteiger charge is 2.40. The second-order valence-corrected chi connectivity index (χ2v) is 7.98. The smallest absolute Gasteiger partial charge is 0.269 e. The predicted octanol–water partition coefficient (Wildman–Crippen LogP) is 3.85. The summed E-state index contributed by atoms with van der Waals surface area (Å²) in [5.74, 6) is 0.394. The van der Waals surface area contributed by atoms with Crippen LogP contribution in [0.5, 0.6) is 0 Å². The first kappa shape index (κ1) is 17.8. The Morgan fingerprint density at radius 2 is 2.08 bits per heavy atom. The number of rotatable bonds is 5. The molecule has 3 atom stereocenters. The molecule has 2 aromatic rings. The number of hydrogen-bond donors (Lipinski definition) is 2. The molecule has 2 N–H and O–H groups in total. The maximum atomic E-state index is 12.4. The zero-order valence-electron chi connectivity index (χ0n) is 14.4. The summed E-state index contributed by atoms with van der Waals surface area (Å²) in [6.07, 6.45) is 6.41. The van der Waals surface area contributed by atoms with Crippen LogP contribution >= 0.6 is 23.2 Å². The Labute approximate surface area is 162 Å². The van der Waals surface area contributed by atoms with Crippen LogP contribution in [0.4, 0.5) is 0 Å². The third-order valence-electron chi connectivity index (χ3n) is 5.63. The van der Waals surface area contributed by atoms with Crippen molar-refractivity contribution >= 4 is 40.1 Å². The van der Waals surface area contributed by atoms with Crippen molar-refractivity contribution in [3.63, 3.8) is 0 Å². The van der Waals surface area contributed by atoms with E-state index in [1.807, 2.05) is 18.3 Å². The number of amides is 1. The number of nitrogens with one attached hydrogen (secondary N) is 2. The van der Waals surface area contributed by atoms with Gasteiger partial charge in [0.25, 0.3) is 5.91 Å². The lowest BCUT2D eigenvalue weighted by molar-refractivity contribution is 0.0896. The molecule has 4 heterocycles. The molecule has 0 aliphatic carbocycles. The molecule has 138 valence electrons. The van der Waals surface area contributed by atoms with Gasteiger partial charge in [0.15, 0.2) is 0 Å². The van der Waals surface area contributed by atoms with Gasteiger partial charge in [-0.2, -0.15) is 0 Å². The SMILES string of the molecule is O=C(NCC1C[C@H]2CC[C@@H](C1)N2C/C(Cl)=C/Cl)c1ccc2cc[nH]c2n1. The van der Waals surface area contributed by atoms with E-state index in [0.29, 0.717) is 35.3 Å². The summed E-state index contributed by atoms with van der Waals surface area (Å²) in [5.41, 5.74) is 2.66. The van der Waals surface area contributed by atoms with E-state index in [4.69, 9.17) is 23.2 Å². The summed E-state index contributed by atoms with van der Waals surface area (Å²) in [6, 6.07) is 6.71. The van der Waals surface area contributed by atoms with E-state index in [9.17, 15) is 4.79 Å². The highest BCUT2D eigenvalue weighted by atomic mass is 35.5. The van der Waals surface area contributed by atoms with E-state index in [-0.39, 0.29) is 5.91 Å². The molecule has 4 rings (SSSR count). The minimum atomic E-state index is -0.107. The lowest BCUT2D eigenvalue weighted by atomic mass is 9.90. The molecule has 2 aliphatic heterocycles. The van der Waals surface area contributed by atoms with Gasteiger partial charge in [0, 0.05) is 47.3 Å². The molecule has 2 bridgehead atoms. The maximum Gasteiger partial charge on any atom is 0.269 e. The van der Waals surface area contributed by atoms with Crippen molar-refractivity contribution in [1.29, 1.82) is 0 Å². The standard InChI is InChI=1S/C19H22Cl2N4O/c20-9-14(21)11-25-15-2-3-16(25)8-12(7-15)10-23-19(26)17-4-1-13-5-6-22-18(13)24-17/h1,4-6,9,12,15-16H,2-3,7-8,10-11H2,(H,22,24)(H,23,26)/b14-9-/t12?,15-,16+. The van der Waals surface area contributed by atoms with Gasteiger partial charge in [-0.1, -0.05) is 23.2 Å². The number of aromatic nitrogens is 2. The van der Waals surface area contributed by atoms with E-state index in [1.165, 1.54) is 18.4 Å². The van der Waals surface area contributed by atoms with E-state index in [0.717, 1.165) is 30.4 Å². The summed E-state index contributed by atoms with van der Waals surface area (Å²) in [7, 11) is 0. The molecule has 2 aliphatic rings. The minimum absolute atomic E-state index is 0.107. The van der Waals surface area contributed by atoms with Crippen LogP contribution in [0.2, 0.25) is 0 Å². The average Bonchev–Trinajstić information content (AvgIpc) is 3.20. The van der Waals surface area contributed by atoms with Gasteiger partial charge in [-0.3, -0.25) is 9.69 Å². The number of carbonyl (C=O) groups is 1. The van der Waals surface area contributed by atoms with Crippen molar-refractivity contribution in [2.45, 2.75) is 37.8 Å². The number of hydrogen-bond acceptors (Lipinski definition) is 3. The van der Waals surface area contributed by atoms with Crippen LogP contribution in [-0.4, -0.2) is 45.9 Å². The third kappa shape index (κ3) is 3.61. The number of halogens is 2. The second-order valence-electron chi connectivity index (χ2n) is 7.27. The van der Waals surface area contributed by atoms with Crippen LogP contribution in [0.15, 0.2) is 35.0 Å². The zero-order chi connectivity index (χ0) is 18.1. The molecule has 5 nitrogen and oxygen atoms in total. The van der Waals surface area contributed by atoms with E-state index in [1.54, 1.807) is 6.07 Å². The fourth-order valence-electron chi connectivity index (χ4n) is 4.41. The molecule has 2 fully saturated rings. The van der Waals surface area contributed by atoms with Crippen LogP contribution < -0.4 is 5.32 Å². The van der Waals surface area contributed by atoms with E-state index in [2.05, 4.69) is 20.2 Å². The molecule has 1 amide bonds. The van der Waals surface area contributed by atoms with Crippen molar-refractivity contribution < 1.29 is 4.79 Å². The van der Waals surface area contributed by atoms with E-state index >= 15 is 0 Å². The molecule has 0 aromatic carbocycles. The van der Waals surface area contributed by atoms with Crippen LogP contribution in [0, 0.1) is 5.92 Å². The van der Waals surface area contributed by atoms with Gasteiger partial charge in [0.05, 0.1) is 0 Å². The number of H-pyrrole nitrogens is 1. The molecule has 1 unspecified atom stereocenters. The first-order valence-corrected chi connectivity index (χ1v) is 9.88. The molecular weight excluding hydrogens is 371 g/mol. The Bertz CT molecular complexity index is 820. The zero-order valence-corrected chi connectivity index (χ0v) is 15.9. The highest BCUT2D eigenvalue weighted by Crippen LogP contribution is 2.39. The summed E-state index contributed by atoms with van der Waals surface area (Å²) in [5, 5.41) is 4.77. The van der Waals surface area contributed by atoms with Gasteiger partial charge < -0.3 is 10.3 Å². The molecule has 2 saturated heterocycles. The summed E-state index contributed by atoms with van der Waals surface area (Å²) in [4.78, 5) is 22.3. The Balaban J connectivity index is 1.33. The van der Waals surface area contributed by atoms with Gasteiger partial charge in [0.1, 0.15) is 11.3 Å². The lowest BCUT2D eigenvalue weighted by Gasteiger charge is -2.38. The van der Waals surface area contributed by atoms with Crippen LogP contribution in [0.1, 0.15) is 36.2 Å². The summed E-state index contributed by atoms with van der Waals surface area (Å²) < 4.78 is 0. The van der Waals surface area contributed by atoms with Crippen molar-refractivity contribution in [2.24, 2.45) is 5.92 Å². The largest absolute Gasteiger partial charge is 0.350 e. The molecule has 7 heteroatoms. The maximum absolute atomic E-state index is 12.4. The van der Waals surface area contributed by atoms with Crippen LogP contribution in [-0.2, 0) is 0 Å². The number of aromatic amines is 1. The molecule has 0 radical (unpaired) electrons. The first-order chi connectivity index (χ1) is 12.6. The summed E-state index contributed by atoms with van der Waals surface area (Å²) >= 11 is 11.8.